The zero-order chi connectivity index (χ0) is 20.5. The lowest BCUT2D eigenvalue weighted by Gasteiger charge is -2.24. The monoisotopic (exact) mass is 399 g/mol. The van der Waals surface area contributed by atoms with Crippen LogP contribution in [0.15, 0.2) is 48.5 Å². The van der Waals surface area contributed by atoms with Crippen LogP contribution < -0.4 is 10.1 Å². The largest absolute Gasteiger partial charge is 0.481 e. The van der Waals surface area contributed by atoms with E-state index in [0.29, 0.717) is 29.4 Å². The maximum Gasteiger partial charge on any atom is 0.263 e. The second kappa shape index (κ2) is 10.3. The molecule has 0 aliphatic heterocycles. The summed E-state index contributed by atoms with van der Waals surface area (Å²) in [7, 11) is 0. The Morgan fingerprint density at radius 1 is 1.18 bits per heavy atom. The average molecular weight is 400 g/mol. The number of nitrogens with zero attached hydrogens (tertiary/aromatic N) is 2. The maximum atomic E-state index is 12.6. The van der Waals surface area contributed by atoms with Gasteiger partial charge in [-0.2, -0.15) is 5.26 Å². The first-order valence-electron chi connectivity index (χ1n) is 8.89. The van der Waals surface area contributed by atoms with E-state index in [1.54, 1.807) is 50.2 Å². The topological polar surface area (TPSA) is 82.4 Å². The van der Waals surface area contributed by atoms with Crippen molar-refractivity contribution in [2.75, 3.05) is 13.1 Å². The number of halogens is 1. The van der Waals surface area contributed by atoms with Crippen molar-refractivity contribution in [2.24, 2.45) is 0 Å². The van der Waals surface area contributed by atoms with Gasteiger partial charge in [0, 0.05) is 18.1 Å². The first kappa shape index (κ1) is 21.3. The second-order valence-electron chi connectivity index (χ2n) is 6.15. The predicted molar refractivity (Wildman–Crippen MR) is 107 cm³/mol. The van der Waals surface area contributed by atoms with Crippen molar-refractivity contribution in [3.8, 4) is 11.8 Å². The van der Waals surface area contributed by atoms with Crippen LogP contribution in [0.25, 0.3) is 0 Å². The SMILES string of the molecule is CCN(CC(=O)NCc1ccc(Cl)cc1)C(=O)[C@@H](C)Oc1ccc(C#N)cc1. The van der Waals surface area contributed by atoms with Crippen molar-refractivity contribution in [3.05, 3.63) is 64.7 Å². The average Bonchev–Trinajstić information content (AvgIpc) is 2.71. The molecule has 2 rings (SSSR count). The van der Waals surface area contributed by atoms with E-state index in [9.17, 15) is 9.59 Å². The van der Waals surface area contributed by atoms with Crippen LogP contribution in [-0.2, 0) is 16.1 Å². The molecule has 0 aliphatic rings. The van der Waals surface area contributed by atoms with E-state index in [1.807, 2.05) is 18.2 Å². The first-order chi connectivity index (χ1) is 13.4. The zero-order valence-electron chi connectivity index (χ0n) is 15.8. The van der Waals surface area contributed by atoms with Crippen LogP contribution in [0.5, 0.6) is 5.75 Å². The predicted octanol–water partition coefficient (Wildman–Crippen LogP) is 3.14. The molecule has 0 unspecified atom stereocenters. The molecule has 0 aromatic heterocycles. The Hall–Kier alpha value is -3.04. The van der Waals surface area contributed by atoms with Crippen LogP contribution >= 0.6 is 11.6 Å². The van der Waals surface area contributed by atoms with Crippen LogP contribution in [0, 0.1) is 11.3 Å². The fourth-order valence-corrected chi connectivity index (χ4v) is 2.62. The van der Waals surface area contributed by atoms with Crippen molar-refractivity contribution >= 4 is 23.4 Å². The molecule has 0 spiro atoms. The van der Waals surface area contributed by atoms with Crippen molar-refractivity contribution < 1.29 is 14.3 Å². The standard InChI is InChI=1S/C21H22ClN3O3/c1-3-25(14-20(26)24-13-17-4-8-18(22)9-5-17)21(27)15(2)28-19-10-6-16(12-23)7-11-19/h4-11,15H,3,13-14H2,1-2H3,(H,24,26)/t15-/m1/s1. The third kappa shape index (κ3) is 6.29. The van der Waals surface area contributed by atoms with Crippen molar-refractivity contribution in [1.82, 2.24) is 10.2 Å². The molecule has 0 aliphatic carbocycles. The molecule has 0 fully saturated rings. The molecule has 1 atom stereocenters. The summed E-state index contributed by atoms with van der Waals surface area (Å²) in [4.78, 5) is 26.2. The summed E-state index contributed by atoms with van der Waals surface area (Å²) in [6.07, 6.45) is -0.753. The summed E-state index contributed by atoms with van der Waals surface area (Å²) < 4.78 is 5.64. The third-order valence-corrected chi connectivity index (χ3v) is 4.33. The number of ether oxygens (including phenoxy) is 1. The lowest BCUT2D eigenvalue weighted by atomic mass is 10.2. The Balaban J connectivity index is 1.87. The molecule has 2 aromatic rings. The maximum absolute atomic E-state index is 12.6. The number of hydrogen-bond acceptors (Lipinski definition) is 4. The van der Waals surface area contributed by atoms with E-state index in [2.05, 4.69) is 5.32 Å². The summed E-state index contributed by atoms with van der Waals surface area (Å²) in [5, 5.41) is 12.2. The van der Waals surface area contributed by atoms with Crippen LogP contribution in [0.3, 0.4) is 0 Å². The lowest BCUT2D eigenvalue weighted by Crippen LogP contribution is -2.45. The van der Waals surface area contributed by atoms with Crippen LogP contribution in [0.2, 0.25) is 5.02 Å². The van der Waals surface area contributed by atoms with Gasteiger partial charge in [0.15, 0.2) is 6.10 Å². The minimum atomic E-state index is -0.753. The summed E-state index contributed by atoms with van der Waals surface area (Å²) >= 11 is 5.84. The van der Waals surface area contributed by atoms with Gasteiger partial charge < -0.3 is 15.0 Å². The van der Waals surface area contributed by atoms with Crippen molar-refractivity contribution in [3.63, 3.8) is 0 Å². The quantitative estimate of drug-likeness (QED) is 0.739. The van der Waals surface area contributed by atoms with Gasteiger partial charge in [-0.25, -0.2) is 0 Å². The highest BCUT2D eigenvalue weighted by Crippen LogP contribution is 2.14. The van der Waals surface area contributed by atoms with Gasteiger partial charge in [-0.3, -0.25) is 9.59 Å². The van der Waals surface area contributed by atoms with E-state index in [1.165, 1.54) is 4.90 Å². The minimum absolute atomic E-state index is 0.0516. The Bertz CT molecular complexity index is 845. The van der Waals surface area contributed by atoms with E-state index in [4.69, 9.17) is 21.6 Å². The molecule has 2 amide bonds. The van der Waals surface area contributed by atoms with Gasteiger partial charge >= 0.3 is 0 Å². The molecule has 146 valence electrons. The van der Waals surface area contributed by atoms with Crippen LogP contribution in [-0.4, -0.2) is 35.9 Å². The molecular weight excluding hydrogens is 378 g/mol. The molecule has 0 saturated carbocycles. The fraction of sp³-hybridized carbons (Fsp3) is 0.286. The highest BCUT2D eigenvalue weighted by molar-refractivity contribution is 6.30. The minimum Gasteiger partial charge on any atom is -0.481 e. The molecule has 7 heteroatoms. The molecule has 1 N–H and O–H groups in total. The van der Waals surface area contributed by atoms with Gasteiger partial charge in [0.1, 0.15) is 5.75 Å². The summed E-state index contributed by atoms with van der Waals surface area (Å²) in [6, 6.07) is 15.7. The van der Waals surface area contributed by atoms with Crippen LogP contribution in [0.1, 0.15) is 25.0 Å². The number of amides is 2. The number of hydrogen-bond donors (Lipinski definition) is 1. The Morgan fingerprint density at radius 2 is 1.82 bits per heavy atom. The number of carbonyl (C=O) groups is 2. The molecule has 28 heavy (non-hydrogen) atoms. The summed E-state index contributed by atoms with van der Waals surface area (Å²) in [5.41, 5.74) is 1.43. The molecule has 0 radical (unpaired) electrons. The van der Waals surface area contributed by atoms with Gasteiger partial charge in [-0.05, 0) is 55.8 Å². The number of nitriles is 1. The van der Waals surface area contributed by atoms with E-state index < -0.39 is 6.10 Å². The van der Waals surface area contributed by atoms with Crippen molar-refractivity contribution in [2.45, 2.75) is 26.5 Å². The highest BCUT2D eigenvalue weighted by Gasteiger charge is 2.23. The Labute approximate surface area is 169 Å². The van der Waals surface area contributed by atoms with Gasteiger partial charge in [-0.1, -0.05) is 23.7 Å². The number of likely N-dealkylation sites (N-methyl/N-ethyl adjacent to an activating group) is 1. The second-order valence-corrected chi connectivity index (χ2v) is 6.59. The van der Waals surface area contributed by atoms with E-state index in [-0.39, 0.29) is 18.4 Å². The summed E-state index contributed by atoms with van der Waals surface area (Å²) in [5.74, 6) is -0.0488. The smallest absolute Gasteiger partial charge is 0.263 e. The zero-order valence-corrected chi connectivity index (χ0v) is 16.6. The molecule has 0 bridgehead atoms. The number of benzene rings is 2. The number of carbonyl (C=O) groups excluding carboxylic acids is 2. The molecule has 2 aromatic carbocycles. The fourth-order valence-electron chi connectivity index (χ4n) is 2.50. The van der Waals surface area contributed by atoms with Gasteiger partial charge in [0.05, 0.1) is 18.2 Å². The normalized spacial score (nSPS) is 11.2. The van der Waals surface area contributed by atoms with Gasteiger partial charge in [-0.15, -0.1) is 0 Å². The third-order valence-electron chi connectivity index (χ3n) is 4.07. The van der Waals surface area contributed by atoms with E-state index >= 15 is 0 Å². The highest BCUT2D eigenvalue weighted by atomic mass is 35.5. The lowest BCUT2D eigenvalue weighted by molar-refractivity contribution is -0.141. The molecule has 0 saturated heterocycles. The first-order valence-corrected chi connectivity index (χ1v) is 9.27. The Kier molecular flexibility index (Phi) is 7.85. The summed E-state index contributed by atoms with van der Waals surface area (Å²) in [6.45, 7) is 4.13. The number of rotatable bonds is 8. The molecular formula is C21H22ClN3O3. The Morgan fingerprint density at radius 3 is 2.39 bits per heavy atom. The van der Waals surface area contributed by atoms with Gasteiger partial charge in [0.2, 0.25) is 5.91 Å². The number of nitrogens with one attached hydrogen (secondary N) is 1. The molecule has 0 heterocycles. The van der Waals surface area contributed by atoms with Crippen molar-refractivity contribution in [1.29, 1.82) is 5.26 Å². The van der Waals surface area contributed by atoms with E-state index in [0.717, 1.165) is 5.56 Å². The molecule has 6 nitrogen and oxygen atoms in total. The van der Waals surface area contributed by atoms with Gasteiger partial charge in [0.25, 0.3) is 5.91 Å². The van der Waals surface area contributed by atoms with Crippen LogP contribution in [0.4, 0.5) is 0 Å².